The number of anilines is 1. The Bertz CT molecular complexity index is 932. The van der Waals surface area contributed by atoms with Crippen LogP contribution in [0.3, 0.4) is 0 Å². The van der Waals surface area contributed by atoms with Gasteiger partial charge in [0.05, 0.1) is 11.8 Å². The van der Waals surface area contributed by atoms with Gasteiger partial charge in [0.1, 0.15) is 5.82 Å². The third-order valence-electron chi connectivity index (χ3n) is 4.39. The van der Waals surface area contributed by atoms with Crippen LogP contribution in [0.2, 0.25) is 0 Å². The fraction of sp³-hybridized carbons (Fsp3) is 0.250. The number of hydrogen-bond donors (Lipinski definition) is 0. The van der Waals surface area contributed by atoms with Crippen molar-refractivity contribution in [1.29, 1.82) is 0 Å². The van der Waals surface area contributed by atoms with Crippen molar-refractivity contribution in [2.45, 2.75) is 25.8 Å². The van der Waals surface area contributed by atoms with Gasteiger partial charge < -0.3 is 4.90 Å². The average molecular weight is 373 g/mol. The molecule has 0 aromatic heterocycles. The first-order valence-electron chi connectivity index (χ1n) is 8.37. The van der Waals surface area contributed by atoms with Crippen molar-refractivity contribution in [3.63, 3.8) is 0 Å². The van der Waals surface area contributed by atoms with Crippen molar-refractivity contribution in [2.75, 3.05) is 10.7 Å². The maximum atomic E-state index is 13.2. The largest absolute Gasteiger partial charge is 0.300 e. The smallest absolute Gasteiger partial charge is 0.258 e. The zero-order valence-electron chi connectivity index (χ0n) is 14.6. The van der Waals surface area contributed by atoms with E-state index in [0.717, 1.165) is 11.0 Å². The van der Waals surface area contributed by atoms with Gasteiger partial charge >= 0.3 is 0 Å². The summed E-state index contributed by atoms with van der Waals surface area (Å²) in [6.45, 7) is 4.14. The van der Waals surface area contributed by atoms with Crippen molar-refractivity contribution in [3.05, 3.63) is 77.0 Å². The Morgan fingerprint density at radius 2 is 1.69 bits per heavy atom. The van der Waals surface area contributed by atoms with Gasteiger partial charge in [0.2, 0.25) is 0 Å². The van der Waals surface area contributed by atoms with Crippen molar-refractivity contribution < 1.29 is 17.6 Å². The van der Waals surface area contributed by atoms with Crippen LogP contribution in [0, 0.1) is 5.82 Å². The first-order chi connectivity index (χ1) is 12.3. The highest BCUT2D eigenvalue weighted by Crippen LogP contribution is 2.27. The van der Waals surface area contributed by atoms with E-state index in [9.17, 15) is 17.6 Å². The minimum absolute atomic E-state index is 0.161. The highest BCUT2D eigenvalue weighted by atomic mass is 32.2. The molecule has 0 fully saturated rings. The van der Waals surface area contributed by atoms with Gasteiger partial charge in [-0.05, 0) is 54.0 Å². The Morgan fingerprint density at radius 1 is 1.08 bits per heavy atom. The summed E-state index contributed by atoms with van der Waals surface area (Å²) in [4.78, 5) is 14.5. The Morgan fingerprint density at radius 3 is 2.19 bits per heavy atom. The lowest BCUT2D eigenvalue weighted by atomic mass is 10.0. The molecule has 1 atom stereocenters. The summed E-state index contributed by atoms with van der Waals surface area (Å²) < 4.78 is 36.9. The quantitative estimate of drug-likeness (QED) is 0.817. The topological polar surface area (TPSA) is 54.5 Å². The number of hydrogen-bond acceptors (Lipinski definition) is 3. The summed E-state index contributed by atoms with van der Waals surface area (Å²) in [5.74, 6) is -0.616. The van der Waals surface area contributed by atoms with E-state index in [1.807, 2.05) is 24.3 Å². The second kappa shape index (κ2) is 7.03. The lowest BCUT2D eigenvalue weighted by Crippen LogP contribution is -2.41. The standard InChI is InChI=1S/C20H20FNO3S/c1-14(2)15-5-9-18(10-6-15)22(19-11-12-26(24,25)13-19)20(23)16-3-7-17(21)8-4-16/h3-12,14,19H,13H2,1-2H3. The predicted octanol–water partition coefficient (Wildman–Crippen LogP) is 3.91. The first kappa shape index (κ1) is 18.3. The fourth-order valence-corrected chi connectivity index (χ4v) is 4.20. The number of amides is 1. The number of benzene rings is 2. The highest BCUT2D eigenvalue weighted by molar-refractivity contribution is 7.94. The number of carbonyl (C=O) groups excluding carboxylic acids is 1. The van der Waals surface area contributed by atoms with Crippen LogP contribution in [0.25, 0.3) is 0 Å². The lowest BCUT2D eigenvalue weighted by Gasteiger charge is -2.28. The maximum absolute atomic E-state index is 13.2. The molecule has 2 aromatic rings. The second-order valence-corrected chi connectivity index (χ2v) is 8.58. The van der Waals surface area contributed by atoms with E-state index in [2.05, 4.69) is 13.8 Å². The van der Waals surface area contributed by atoms with Crippen molar-refractivity contribution in [3.8, 4) is 0 Å². The van der Waals surface area contributed by atoms with Gasteiger partial charge in [-0.3, -0.25) is 4.79 Å². The number of nitrogens with zero attached hydrogens (tertiary/aromatic N) is 1. The SMILES string of the molecule is CC(C)c1ccc(N(C(=O)c2ccc(F)cc2)C2C=CS(=O)(=O)C2)cc1. The van der Waals surface area contributed by atoms with Gasteiger partial charge in [-0.15, -0.1) is 0 Å². The van der Waals surface area contributed by atoms with E-state index in [4.69, 9.17) is 0 Å². The molecule has 136 valence electrons. The molecule has 1 aliphatic heterocycles. The molecule has 26 heavy (non-hydrogen) atoms. The Kier molecular flexibility index (Phi) is 4.96. The van der Waals surface area contributed by atoms with Crippen LogP contribution in [-0.2, 0) is 9.84 Å². The molecular formula is C20H20FNO3S. The molecule has 1 unspecified atom stereocenters. The lowest BCUT2D eigenvalue weighted by molar-refractivity contribution is 0.0983. The Hall–Kier alpha value is -2.47. The number of rotatable bonds is 4. The molecule has 3 rings (SSSR count). The summed E-state index contributed by atoms with van der Waals surface area (Å²) in [7, 11) is -3.33. The molecule has 2 aromatic carbocycles. The molecule has 0 saturated heterocycles. The molecule has 0 N–H and O–H groups in total. The molecule has 0 aliphatic carbocycles. The van der Waals surface area contributed by atoms with Gasteiger partial charge in [-0.2, -0.15) is 0 Å². The molecule has 1 aliphatic rings. The van der Waals surface area contributed by atoms with Gasteiger partial charge in [-0.1, -0.05) is 26.0 Å². The van der Waals surface area contributed by atoms with Crippen LogP contribution < -0.4 is 4.90 Å². The molecule has 0 radical (unpaired) electrons. The predicted molar refractivity (Wildman–Crippen MR) is 100 cm³/mol. The summed E-state index contributed by atoms with van der Waals surface area (Å²) in [5, 5.41) is 1.14. The van der Waals surface area contributed by atoms with Crippen LogP contribution in [0.5, 0.6) is 0 Å². The Labute approximate surface area is 152 Å². The van der Waals surface area contributed by atoms with Crippen LogP contribution >= 0.6 is 0 Å². The van der Waals surface area contributed by atoms with Gasteiger partial charge in [-0.25, -0.2) is 12.8 Å². The first-order valence-corrected chi connectivity index (χ1v) is 10.1. The number of halogens is 1. The van der Waals surface area contributed by atoms with E-state index >= 15 is 0 Å². The number of sulfone groups is 1. The van der Waals surface area contributed by atoms with E-state index in [-0.39, 0.29) is 11.7 Å². The summed E-state index contributed by atoms with van der Waals surface area (Å²) in [6.07, 6.45) is 1.52. The van der Waals surface area contributed by atoms with E-state index in [1.54, 1.807) is 0 Å². The van der Waals surface area contributed by atoms with Crippen LogP contribution in [0.15, 0.2) is 60.0 Å². The minimum atomic E-state index is -3.33. The van der Waals surface area contributed by atoms with E-state index in [0.29, 0.717) is 17.2 Å². The molecular weight excluding hydrogens is 353 g/mol. The van der Waals surface area contributed by atoms with E-state index < -0.39 is 21.7 Å². The zero-order chi connectivity index (χ0) is 18.9. The zero-order valence-corrected chi connectivity index (χ0v) is 15.4. The molecule has 1 heterocycles. The fourth-order valence-electron chi connectivity index (χ4n) is 2.93. The summed E-state index contributed by atoms with van der Waals surface area (Å²) in [5.41, 5.74) is 2.03. The van der Waals surface area contributed by atoms with Crippen LogP contribution in [0.1, 0.15) is 35.7 Å². The monoisotopic (exact) mass is 373 g/mol. The van der Waals surface area contributed by atoms with Crippen LogP contribution in [-0.4, -0.2) is 26.1 Å². The molecule has 0 bridgehead atoms. The van der Waals surface area contributed by atoms with Gasteiger partial charge in [0.25, 0.3) is 5.91 Å². The molecule has 0 saturated carbocycles. The molecule has 6 heteroatoms. The molecule has 1 amide bonds. The molecule has 0 spiro atoms. The normalized spacial score (nSPS) is 18.2. The average Bonchev–Trinajstić information content (AvgIpc) is 2.95. The highest BCUT2D eigenvalue weighted by Gasteiger charge is 2.32. The third-order valence-corrected chi connectivity index (χ3v) is 5.77. The molecule has 4 nitrogen and oxygen atoms in total. The van der Waals surface area contributed by atoms with Gasteiger partial charge in [0, 0.05) is 16.7 Å². The second-order valence-electron chi connectivity index (χ2n) is 6.65. The maximum Gasteiger partial charge on any atom is 0.258 e. The number of carbonyl (C=O) groups is 1. The Balaban J connectivity index is 2.00. The summed E-state index contributed by atoms with van der Waals surface area (Å²) >= 11 is 0. The third kappa shape index (κ3) is 3.85. The minimum Gasteiger partial charge on any atom is -0.300 e. The van der Waals surface area contributed by atoms with Gasteiger partial charge in [0.15, 0.2) is 9.84 Å². The van der Waals surface area contributed by atoms with Crippen LogP contribution in [0.4, 0.5) is 10.1 Å². The van der Waals surface area contributed by atoms with Crippen molar-refractivity contribution in [2.24, 2.45) is 0 Å². The van der Waals surface area contributed by atoms with Crippen molar-refractivity contribution in [1.82, 2.24) is 0 Å². The summed E-state index contributed by atoms with van der Waals surface area (Å²) in [6, 6.07) is 12.1. The van der Waals surface area contributed by atoms with E-state index in [1.165, 1.54) is 35.2 Å². The van der Waals surface area contributed by atoms with Crippen molar-refractivity contribution >= 4 is 21.4 Å².